The molecule has 0 bridgehead atoms. The number of hydrogen-bond acceptors (Lipinski definition) is 4. The highest BCUT2D eigenvalue weighted by atomic mass is 79.9. The van der Waals surface area contributed by atoms with E-state index >= 15 is 0 Å². The fourth-order valence-corrected chi connectivity index (χ4v) is 2.52. The molecule has 0 saturated carbocycles. The van der Waals surface area contributed by atoms with Crippen molar-refractivity contribution >= 4 is 27.5 Å². The van der Waals surface area contributed by atoms with Crippen LogP contribution in [0.25, 0.3) is 11.3 Å². The van der Waals surface area contributed by atoms with Crippen LogP contribution in [0.15, 0.2) is 28.7 Å². The van der Waals surface area contributed by atoms with E-state index in [-0.39, 0.29) is 0 Å². The van der Waals surface area contributed by atoms with Gasteiger partial charge in [-0.1, -0.05) is 0 Å². The predicted octanol–water partition coefficient (Wildman–Crippen LogP) is 3.04. The van der Waals surface area contributed by atoms with Gasteiger partial charge in [0.25, 0.3) is 0 Å². The standard InChI is InChI=1S/C11H11BrN2OS/c1-15-11-3-2-7(4-9(11)12)10-5-8(6-13)16-14-10/h2-5H,6,13H2,1H3. The topological polar surface area (TPSA) is 48.1 Å². The molecule has 0 aliphatic carbocycles. The van der Waals surface area contributed by atoms with Crippen LogP contribution in [0.3, 0.4) is 0 Å². The molecule has 1 aromatic heterocycles. The number of benzene rings is 1. The Morgan fingerprint density at radius 1 is 1.44 bits per heavy atom. The summed E-state index contributed by atoms with van der Waals surface area (Å²) in [6.07, 6.45) is 0. The van der Waals surface area contributed by atoms with E-state index in [1.807, 2.05) is 24.3 Å². The van der Waals surface area contributed by atoms with Gasteiger partial charge in [-0.25, -0.2) is 0 Å². The van der Waals surface area contributed by atoms with Gasteiger partial charge in [-0.3, -0.25) is 0 Å². The molecule has 16 heavy (non-hydrogen) atoms. The van der Waals surface area contributed by atoms with Gasteiger partial charge in [0.2, 0.25) is 0 Å². The molecule has 0 radical (unpaired) electrons. The van der Waals surface area contributed by atoms with E-state index < -0.39 is 0 Å². The maximum Gasteiger partial charge on any atom is 0.133 e. The molecule has 3 nitrogen and oxygen atoms in total. The van der Waals surface area contributed by atoms with Gasteiger partial charge >= 0.3 is 0 Å². The zero-order valence-corrected chi connectivity index (χ0v) is 11.1. The van der Waals surface area contributed by atoms with Crippen molar-refractivity contribution in [3.05, 3.63) is 33.6 Å². The zero-order chi connectivity index (χ0) is 11.5. The molecule has 0 saturated heterocycles. The van der Waals surface area contributed by atoms with Gasteiger partial charge in [-0.05, 0) is 51.7 Å². The molecule has 0 aliphatic heterocycles. The van der Waals surface area contributed by atoms with Crippen molar-refractivity contribution in [2.75, 3.05) is 7.11 Å². The van der Waals surface area contributed by atoms with E-state index in [9.17, 15) is 0 Å². The summed E-state index contributed by atoms with van der Waals surface area (Å²) < 4.78 is 10.5. The van der Waals surface area contributed by atoms with E-state index in [4.69, 9.17) is 10.5 Å². The molecular weight excluding hydrogens is 288 g/mol. The van der Waals surface area contributed by atoms with Crippen molar-refractivity contribution in [2.24, 2.45) is 5.73 Å². The first-order chi connectivity index (χ1) is 7.74. The average Bonchev–Trinajstić information content (AvgIpc) is 2.77. The maximum atomic E-state index is 5.56. The number of ether oxygens (including phenoxy) is 1. The summed E-state index contributed by atoms with van der Waals surface area (Å²) >= 11 is 4.89. The average molecular weight is 299 g/mol. The molecule has 0 unspecified atom stereocenters. The van der Waals surface area contributed by atoms with Gasteiger partial charge in [-0.2, -0.15) is 4.37 Å². The Hall–Kier alpha value is -0.910. The number of nitrogens with zero attached hydrogens (tertiary/aromatic N) is 1. The number of nitrogens with two attached hydrogens (primary N) is 1. The zero-order valence-electron chi connectivity index (χ0n) is 8.74. The van der Waals surface area contributed by atoms with Crippen molar-refractivity contribution in [3.8, 4) is 17.0 Å². The largest absolute Gasteiger partial charge is 0.496 e. The van der Waals surface area contributed by atoms with Crippen LogP contribution in [0.4, 0.5) is 0 Å². The first kappa shape index (κ1) is 11.6. The Kier molecular flexibility index (Phi) is 3.58. The normalized spacial score (nSPS) is 10.4. The molecule has 0 fully saturated rings. The Morgan fingerprint density at radius 3 is 2.81 bits per heavy atom. The van der Waals surface area contributed by atoms with Crippen LogP contribution in [-0.2, 0) is 6.54 Å². The molecular formula is C11H11BrN2OS. The van der Waals surface area contributed by atoms with Crippen LogP contribution < -0.4 is 10.5 Å². The van der Waals surface area contributed by atoms with Gasteiger partial charge in [-0.15, -0.1) is 0 Å². The fourth-order valence-electron chi connectivity index (χ4n) is 1.37. The van der Waals surface area contributed by atoms with Gasteiger partial charge < -0.3 is 10.5 Å². The Labute approximate surface area is 107 Å². The van der Waals surface area contributed by atoms with Crippen LogP contribution in [0.1, 0.15) is 4.88 Å². The Morgan fingerprint density at radius 2 is 2.25 bits per heavy atom. The molecule has 0 atom stereocenters. The second-order valence-corrected chi connectivity index (χ2v) is 4.98. The third-order valence-corrected chi connectivity index (χ3v) is 3.63. The van der Waals surface area contributed by atoms with Crippen molar-refractivity contribution in [3.63, 3.8) is 0 Å². The van der Waals surface area contributed by atoms with Crippen LogP contribution >= 0.6 is 27.5 Å². The van der Waals surface area contributed by atoms with Crippen molar-refractivity contribution in [1.29, 1.82) is 0 Å². The van der Waals surface area contributed by atoms with Crippen molar-refractivity contribution < 1.29 is 4.74 Å². The molecule has 1 heterocycles. The van der Waals surface area contributed by atoms with Gasteiger partial charge in [0.15, 0.2) is 0 Å². The third kappa shape index (κ3) is 2.26. The SMILES string of the molecule is COc1ccc(-c2cc(CN)sn2)cc1Br. The van der Waals surface area contributed by atoms with Crippen LogP contribution in [0.2, 0.25) is 0 Å². The Balaban J connectivity index is 2.37. The lowest BCUT2D eigenvalue weighted by atomic mass is 10.1. The maximum absolute atomic E-state index is 5.56. The molecule has 0 aliphatic rings. The smallest absolute Gasteiger partial charge is 0.133 e. The fraction of sp³-hybridized carbons (Fsp3) is 0.182. The summed E-state index contributed by atoms with van der Waals surface area (Å²) in [6, 6.07) is 7.91. The van der Waals surface area contributed by atoms with Crippen molar-refractivity contribution in [2.45, 2.75) is 6.54 Å². The summed E-state index contributed by atoms with van der Waals surface area (Å²) in [6.45, 7) is 0.537. The lowest BCUT2D eigenvalue weighted by molar-refractivity contribution is 0.412. The minimum atomic E-state index is 0.537. The van der Waals surface area contributed by atoms with E-state index in [1.54, 1.807) is 7.11 Å². The molecule has 5 heteroatoms. The molecule has 2 rings (SSSR count). The van der Waals surface area contributed by atoms with Crippen LogP contribution in [0, 0.1) is 0 Å². The molecule has 2 N–H and O–H groups in total. The summed E-state index contributed by atoms with van der Waals surface area (Å²) in [4.78, 5) is 1.09. The summed E-state index contributed by atoms with van der Waals surface area (Å²) in [5.74, 6) is 0.818. The summed E-state index contributed by atoms with van der Waals surface area (Å²) in [5, 5.41) is 0. The van der Waals surface area contributed by atoms with E-state index in [2.05, 4.69) is 20.3 Å². The quantitative estimate of drug-likeness (QED) is 0.947. The third-order valence-electron chi connectivity index (χ3n) is 2.21. The number of hydrogen-bond donors (Lipinski definition) is 1. The van der Waals surface area contributed by atoms with E-state index in [1.165, 1.54) is 11.5 Å². The van der Waals surface area contributed by atoms with Crippen LogP contribution in [-0.4, -0.2) is 11.5 Å². The highest BCUT2D eigenvalue weighted by molar-refractivity contribution is 9.10. The molecule has 84 valence electrons. The predicted molar refractivity (Wildman–Crippen MR) is 69.7 cm³/mol. The molecule has 0 amide bonds. The second kappa shape index (κ2) is 4.95. The molecule has 0 spiro atoms. The first-order valence-electron chi connectivity index (χ1n) is 4.74. The van der Waals surface area contributed by atoms with Gasteiger partial charge in [0.1, 0.15) is 5.75 Å². The number of halogens is 1. The number of methoxy groups -OCH3 is 1. The highest BCUT2D eigenvalue weighted by Crippen LogP contribution is 2.30. The lowest BCUT2D eigenvalue weighted by Gasteiger charge is -2.04. The summed E-state index contributed by atoms with van der Waals surface area (Å²) in [7, 11) is 1.65. The van der Waals surface area contributed by atoms with E-state index in [0.29, 0.717) is 6.54 Å². The van der Waals surface area contributed by atoms with Gasteiger partial charge in [0, 0.05) is 17.0 Å². The van der Waals surface area contributed by atoms with E-state index in [0.717, 1.165) is 26.4 Å². The Bertz CT molecular complexity index is 498. The minimum absolute atomic E-state index is 0.537. The highest BCUT2D eigenvalue weighted by Gasteiger charge is 2.06. The first-order valence-corrected chi connectivity index (χ1v) is 6.31. The minimum Gasteiger partial charge on any atom is -0.496 e. The molecule has 2 aromatic rings. The second-order valence-electron chi connectivity index (χ2n) is 3.23. The lowest BCUT2D eigenvalue weighted by Crippen LogP contribution is -1.91. The summed E-state index contributed by atoms with van der Waals surface area (Å²) in [5.41, 5.74) is 7.57. The number of aromatic nitrogens is 1. The molecule has 1 aromatic carbocycles. The van der Waals surface area contributed by atoms with Crippen molar-refractivity contribution in [1.82, 2.24) is 4.37 Å². The van der Waals surface area contributed by atoms with Gasteiger partial charge in [0.05, 0.1) is 17.3 Å². The monoisotopic (exact) mass is 298 g/mol. The number of rotatable bonds is 3. The van der Waals surface area contributed by atoms with Crippen LogP contribution in [0.5, 0.6) is 5.75 Å².